The third-order valence-corrected chi connectivity index (χ3v) is 1.76. The highest BCUT2D eigenvalue weighted by Gasteiger charge is 2.01. The molecule has 0 N–H and O–H groups in total. The van der Waals surface area contributed by atoms with Crippen molar-refractivity contribution >= 4 is 53.1 Å². The molecule has 0 aliphatic heterocycles. The highest BCUT2D eigenvalue weighted by molar-refractivity contribution is 14.1. The third-order valence-electron chi connectivity index (χ3n) is 1.04. The second-order valence-corrected chi connectivity index (χ2v) is 2.98. The van der Waals surface area contributed by atoms with Gasteiger partial charge in [0, 0.05) is 15.7 Å². The number of halogens is 3. The summed E-state index contributed by atoms with van der Waals surface area (Å²) >= 11 is 2.10. The third kappa shape index (κ3) is 4.08. The van der Waals surface area contributed by atoms with E-state index in [-0.39, 0.29) is 30.5 Å². The van der Waals surface area contributed by atoms with Crippen molar-refractivity contribution in [2.45, 2.75) is 0 Å². The van der Waals surface area contributed by atoms with Gasteiger partial charge in [-0.2, -0.15) is 0 Å². The van der Waals surface area contributed by atoms with Crippen molar-refractivity contribution in [3.8, 4) is 0 Å². The zero-order valence-corrected chi connectivity index (χ0v) is 9.56. The van der Waals surface area contributed by atoms with E-state index >= 15 is 0 Å². The van der Waals surface area contributed by atoms with E-state index in [0.717, 1.165) is 3.57 Å². The van der Waals surface area contributed by atoms with Crippen LogP contribution >= 0.6 is 47.4 Å². The Morgan fingerprint density at radius 2 is 1.58 bits per heavy atom. The minimum Gasteiger partial charge on any atom is -0.258 e. The molecule has 0 saturated carbocycles. The van der Waals surface area contributed by atoms with Crippen molar-refractivity contribution in [1.82, 2.24) is 0 Å². The number of nitro groups is 1. The lowest BCUT2D eigenvalue weighted by Crippen LogP contribution is -1.86. The molecule has 6 heteroatoms. The molecule has 0 fully saturated rings. The summed E-state index contributed by atoms with van der Waals surface area (Å²) in [5, 5.41) is 10.1. The lowest BCUT2D eigenvalue weighted by Gasteiger charge is -1.88. The quantitative estimate of drug-likeness (QED) is 0.453. The van der Waals surface area contributed by atoms with E-state index in [1.807, 2.05) is 0 Å². The number of non-ortho nitro benzene ring substituents is 1. The molecule has 0 bridgehead atoms. The van der Waals surface area contributed by atoms with Gasteiger partial charge in [-0.05, 0) is 34.7 Å². The average Bonchev–Trinajstić information content (AvgIpc) is 1.88. The van der Waals surface area contributed by atoms with Gasteiger partial charge in [-0.3, -0.25) is 10.1 Å². The van der Waals surface area contributed by atoms with Gasteiger partial charge in [0.15, 0.2) is 0 Å². The Hall–Kier alpha value is -0.0700. The van der Waals surface area contributed by atoms with Gasteiger partial charge < -0.3 is 0 Å². The van der Waals surface area contributed by atoms with Gasteiger partial charge in [0.25, 0.3) is 5.69 Å². The summed E-state index contributed by atoms with van der Waals surface area (Å²) in [6.45, 7) is 0. The maximum Gasteiger partial charge on any atom is 0.269 e. The van der Waals surface area contributed by atoms with Crippen LogP contribution in [0, 0.1) is 13.7 Å². The van der Waals surface area contributed by atoms with Crippen LogP contribution in [0.15, 0.2) is 24.3 Å². The van der Waals surface area contributed by atoms with Crippen LogP contribution in [0.4, 0.5) is 5.69 Å². The molecule has 68 valence electrons. The minimum atomic E-state index is -0.407. The first-order chi connectivity index (χ1) is 4.70. The fourth-order valence-electron chi connectivity index (χ4n) is 0.563. The monoisotopic (exact) mass is 321 g/mol. The van der Waals surface area contributed by atoms with Crippen LogP contribution < -0.4 is 0 Å². The highest BCUT2D eigenvalue weighted by atomic mass is 127. The summed E-state index contributed by atoms with van der Waals surface area (Å²) in [5.41, 5.74) is 0.139. The van der Waals surface area contributed by atoms with E-state index in [9.17, 15) is 10.1 Å². The molecule has 12 heavy (non-hydrogen) atoms. The van der Waals surface area contributed by atoms with Crippen LogP contribution in [0.3, 0.4) is 0 Å². The summed E-state index contributed by atoms with van der Waals surface area (Å²) in [6, 6.07) is 6.39. The molecule has 0 radical (unpaired) electrons. The van der Waals surface area contributed by atoms with Crippen LogP contribution in [-0.2, 0) is 0 Å². The van der Waals surface area contributed by atoms with Gasteiger partial charge >= 0.3 is 0 Å². The summed E-state index contributed by atoms with van der Waals surface area (Å²) in [5.74, 6) is 0. The molecule has 1 rings (SSSR count). The van der Waals surface area contributed by atoms with E-state index in [4.69, 9.17) is 0 Å². The highest BCUT2D eigenvalue weighted by Crippen LogP contribution is 2.12. The van der Waals surface area contributed by atoms with Crippen LogP contribution in [-0.4, -0.2) is 4.92 Å². The lowest BCUT2D eigenvalue weighted by atomic mass is 10.3. The zero-order valence-electron chi connectivity index (χ0n) is 5.77. The van der Waals surface area contributed by atoms with Gasteiger partial charge in [0.1, 0.15) is 0 Å². The van der Waals surface area contributed by atoms with Crippen LogP contribution in [0.25, 0.3) is 0 Å². The molecule has 0 aliphatic rings. The van der Waals surface area contributed by atoms with Gasteiger partial charge in [0.05, 0.1) is 4.92 Å². The second kappa shape index (κ2) is 6.45. The standard InChI is InChI=1S/C6H4INO2.2ClH/c7-5-1-3-6(4-2-5)8(9)10;;/h1-4H;2*1H. The topological polar surface area (TPSA) is 43.1 Å². The number of nitro benzene ring substituents is 1. The first-order valence-corrected chi connectivity index (χ1v) is 3.68. The van der Waals surface area contributed by atoms with Crippen molar-refractivity contribution < 1.29 is 4.92 Å². The summed E-state index contributed by atoms with van der Waals surface area (Å²) < 4.78 is 1.00. The van der Waals surface area contributed by atoms with Crippen LogP contribution in [0.5, 0.6) is 0 Å². The summed E-state index contributed by atoms with van der Waals surface area (Å²) in [6.07, 6.45) is 0. The molecular weight excluding hydrogens is 316 g/mol. The Kier molecular flexibility index (Phi) is 7.76. The van der Waals surface area contributed by atoms with Gasteiger partial charge in [0.2, 0.25) is 0 Å². The number of rotatable bonds is 1. The Morgan fingerprint density at radius 3 is 1.92 bits per heavy atom. The van der Waals surface area contributed by atoms with Gasteiger partial charge in [-0.25, -0.2) is 0 Å². The Balaban J connectivity index is 0. The molecule has 0 aromatic heterocycles. The van der Waals surface area contributed by atoms with E-state index in [0.29, 0.717) is 0 Å². The first kappa shape index (κ1) is 14.5. The smallest absolute Gasteiger partial charge is 0.258 e. The van der Waals surface area contributed by atoms with Crippen molar-refractivity contribution in [3.05, 3.63) is 37.9 Å². The van der Waals surface area contributed by atoms with Crippen molar-refractivity contribution in [2.75, 3.05) is 0 Å². The van der Waals surface area contributed by atoms with Crippen molar-refractivity contribution in [3.63, 3.8) is 0 Å². The van der Waals surface area contributed by atoms with E-state index < -0.39 is 4.92 Å². The molecule has 3 nitrogen and oxygen atoms in total. The molecule has 0 unspecified atom stereocenters. The molecule has 0 aliphatic carbocycles. The number of hydrogen-bond donors (Lipinski definition) is 0. The maximum atomic E-state index is 10.1. The molecule has 0 atom stereocenters. The Morgan fingerprint density at radius 1 is 1.17 bits per heavy atom. The van der Waals surface area contributed by atoms with Crippen molar-refractivity contribution in [1.29, 1.82) is 0 Å². The zero-order chi connectivity index (χ0) is 7.56. The minimum absolute atomic E-state index is 0. The van der Waals surface area contributed by atoms with E-state index in [2.05, 4.69) is 22.6 Å². The Bertz CT molecular complexity index is 252. The summed E-state index contributed by atoms with van der Waals surface area (Å²) in [7, 11) is 0. The largest absolute Gasteiger partial charge is 0.269 e. The average molecular weight is 322 g/mol. The van der Waals surface area contributed by atoms with Gasteiger partial charge in [-0.1, -0.05) is 0 Å². The van der Waals surface area contributed by atoms with Crippen LogP contribution in [0.2, 0.25) is 0 Å². The SMILES string of the molecule is Cl.Cl.O=[N+]([O-])c1ccc(I)cc1. The molecule has 0 amide bonds. The molecule has 0 saturated heterocycles. The number of hydrogen-bond acceptors (Lipinski definition) is 2. The predicted molar refractivity (Wildman–Crippen MR) is 60.3 cm³/mol. The molecule has 1 aromatic rings. The lowest BCUT2D eigenvalue weighted by molar-refractivity contribution is -0.384. The number of nitrogens with zero attached hydrogens (tertiary/aromatic N) is 1. The Labute approximate surface area is 95.7 Å². The van der Waals surface area contributed by atoms with Crippen LogP contribution in [0.1, 0.15) is 0 Å². The molecular formula is C6H6Cl2INO2. The van der Waals surface area contributed by atoms with E-state index in [1.165, 1.54) is 12.1 Å². The first-order valence-electron chi connectivity index (χ1n) is 2.60. The number of benzene rings is 1. The molecule has 0 heterocycles. The fraction of sp³-hybridized carbons (Fsp3) is 0. The normalized spacial score (nSPS) is 7.75. The maximum absolute atomic E-state index is 10.1. The van der Waals surface area contributed by atoms with Gasteiger partial charge in [-0.15, -0.1) is 24.8 Å². The molecule has 0 spiro atoms. The van der Waals surface area contributed by atoms with Crippen molar-refractivity contribution in [2.24, 2.45) is 0 Å². The second-order valence-electron chi connectivity index (χ2n) is 1.73. The van der Waals surface area contributed by atoms with E-state index in [1.54, 1.807) is 12.1 Å². The summed E-state index contributed by atoms with van der Waals surface area (Å²) in [4.78, 5) is 9.71. The predicted octanol–water partition coefficient (Wildman–Crippen LogP) is 3.04. The fourth-order valence-corrected chi connectivity index (χ4v) is 0.922. The molecule has 1 aromatic carbocycles.